The highest BCUT2D eigenvalue weighted by molar-refractivity contribution is 7.89. The van der Waals surface area contributed by atoms with Crippen molar-refractivity contribution in [3.05, 3.63) is 59.1 Å². The van der Waals surface area contributed by atoms with Crippen LogP contribution in [0.1, 0.15) is 5.56 Å². The summed E-state index contributed by atoms with van der Waals surface area (Å²) in [6, 6.07) is 11.6. The van der Waals surface area contributed by atoms with Crippen molar-refractivity contribution in [1.29, 1.82) is 0 Å². The molecule has 1 amide bonds. The molecule has 3 rings (SSSR count). The van der Waals surface area contributed by atoms with E-state index in [-0.39, 0.29) is 49.3 Å². The van der Waals surface area contributed by atoms with Crippen molar-refractivity contribution in [3.63, 3.8) is 0 Å². The molecule has 0 radical (unpaired) electrons. The lowest BCUT2D eigenvalue weighted by molar-refractivity contribution is -0.137. The van der Waals surface area contributed by atoms with E-state index in [9.17, 15) is 22.0 Å². The minimum Gasteiger partial charge on any atom is -0.435 e. The van der Waals surface area contributed by atoms with Gasteiger partial charge in [-0.2, -0.15) is 13.1 Å². The van der Waals surface area contributed by atoms with E-state index in [4.69, 9.17) is 16.4 Å². The summed E-state index contributed by atoms with van der Waals surface area (Å²) >= 11 is 5.81. The molecule has 8 nitrogen and oxygen atoms in total. The number of hydrogen-bond acceptors (Lipinski definition) is 6. The molecule has 1 saturated heterocycles. The Morgan fingerprint density at radius 1 is 1.06 bits per heavy atom. The number of oxime groups is 1. The second-order valence-electron chi connectivity index (χ2n) is 6.69. The highest BCUT2D eigenvalue weighted by Crippen LogP contribution is 2.20. The standard InChI is InChI=1S/C20H20ClF2N3O5S/c21-16-3-7-18(8-4-16)32(28,29)26-11-9-25(10-12-26)19(27)14-30-24-13-15-1-5-17(6-2-15)31-20(22)23/h1-8,13,20H,9-12,14H2/b24-13+. The molecule has 0 spiro atoms. The van der Waals surface area contributed by atoms with Crippen LogP contribution in [0.5, 0.6) is 5.75 Å². The molecule has 172 valence electrons. The summed E-state index contributed by atoms with van der Waals surface area (Å²) in [4.78, 5) is 18.9. The predicted octanol–water partition coefficient (Wildman–Crippen LogP) is 2.83. The molecule has 2 aromatic rings. The molecule has 1 heterocycles. The third-order valence-corrected chi connectivity index (χ3v) is 6.78. The molecule has 1 fully saturated rings. The third-order valence-electron chi connectivity index (χ3n) is 4.61. The van der Waals surface area contributed by atoms with Crippen LogP contribution in [-0.4, -0.2) is 69.1 Å². The zero-order valence-electron chi connectivity index (χ0n) is 16.7. The summed E-state index contributed by atoms with van der Waals surface area (Å²) in [6.45, 7) is -2.44. The second-order valence-corrected chi connectivity index (χ2v) is 9.07. The molecular weight excluding hydrogens is 468 g/mol. The molecule has 0 aliphatic carbocycles. The maximum Gasteiger partial charge on any atom is 0.387 e. The maximum atomic E-state index is 12.7. The van der Waals surface area contributed by atoms with Crippen molar-refractivity contribution >= 4 is 33.7 Å². The molecule has 0 unspecified atom stereocenters. The van der Waals surface area contributed by atoms with Crippen LogP contribution in [0.15, 0.2) is 58.6 Å². The summed E-state index contributed by atoms with van der Waals surface area (Å²) in [5.41, 5.74) is 0.570. The predicted molar refractivity (Wildman–Crippen MR) is 113 cm³/mol. The number of piperazine rings is 1. The number of nitrogens with zero attached hydrogens (tertiary/aromatic N) is 3. The summed E-state index contributed by atoms with van der Waals surface area (Å²) in [5, 5.41) is 4.13. The van der Waals surface area contributed by atoms with Gasteiger partial charge in [-0.05, 0) is 54.1 Å². The van der Waals surface area contributed by atoms with Crippen LogP contribution in [-0.2, 0) is 19.7 Å². The van der Waals surface area contributed by atoms with Crippen molar-refractivity contribution in [2.45, 2.75) is 11.5 Å². The van der Waals surface area contributed by atoms with Crippen LogP contribution < -0.4 is 4.74 Å². The number of amides is 1. The van der Waals surface area contributed by atoms with Crippen LogP contribution in [0.2, 0.25) is 5.02 Å². The SMILES string of the molecule is O=C(CO/N=C/c1ccc(OC(F)F)cc1)N1CCN(S(=O)(=O)c2ccc(Cl)cc2)CC1. The highest BCUT2D eigenvalue weighted by atomic mass is 35.5. The summed E-state index contributed by atoms with van der Waals surface area (Å²) < 4.78 is 55.2. The number of alkyl halides is 2. The van der Waals surface area contributed by atoms with E-state index in [0.29, 0.717) is 10.6 Å². The molecule has 0 aromatic heterocycles. The zero-order chi connectivity index (χ0) is 23.1. The molecule has 0 N–H and O–H groups in total. The van der Waals surface area contributed by atoms with Crippen LogP contribution in [0, 0.1) is 0 Å². The first-order valence-electron chi connectivity index (χ1n) is 9.49. The van der Waals surface area contributed by atoms with E-state index < -0.39 is 16.6 Å². The van der Waals surface area contributed by atoms with Gasteiger partial charge in [0, 0.05) is 31.2 Å². The van der Waals surface area contributed by atoms with Crippen molar-refractivity contribution in [1.82, 2.24) is 9.21 Å². The quantitative estimate of drug-likeness (QED) is 0.422. The Hall–Kier alpha value is -2.76. The van der Waals surface area contributed by atoms with Crippen LogP contribution in [0.4, 0.5) is 8.78 Å². The lowest BCUT2D eigenvalue weighted by Gasteiger charge is -2.33. The first-order chi connectivity index (χ1) is 15.3. The molecule has 12 heteroatoms. The molecular formula is C20H20ClF2N3O5S. The molecule has 0 saturated carbocycles. The fourth-order valence-electron chi connectivity index (χ4n) is 2.95. The lowest BCUT2D eigenvalue weighted by Crippen LogP contribution is -2.51. The van der Waals surface area contributed by atoms with Gasteiger partial charge in [0.2, 0.25) is 10.0 Å². The number of rotatable bonds is 8. The van der Waals surface area contributed by atoms with Gasteiger partial charge in [-0.25, -0.2) is 8.42 Å². The number of carbonyl (C=O) groups excluding carboxylic acids is 1. The third kappa shape index (κ3) is 6.38. The Balaban J connectivity index is 1.44. The normalized spacial score (nSPS) is 15.3. The summed E-state index contributed by atoms with van der Waals surface area (Å²) in [7, 11) is -3.66. The smallest absolute Gasteiger partial charge is 0.387 e. The van der Waals surface area contributed by atoms with E-state index in [1.807, 2.05) is 0 Å². The number of benzene rings is 2. The van der Waals surface area contributed by atoms with Crippen LogP contribution >= 0.6 is 11.6 Å². The van der Waals surface area contributed by atoms with Gasteiger partial charge in [0.05, 0.1) is 11.1 Å². The van der Waals surface area contributed by atoms with Crippen molar-refractivity contribution in [2.24, 2.45) is 5.16 Å². The van der Waals surface area contributed by atoms with E-state index >= 15 is 0 Å². The first kappa shape index (κ1) is 23.9. The average molecular weight is 488 g/mol. The van der Waals surface area contributed by atoms with Crippen molar-refractivity contribution < 1.29 is 31.6 Å². The van der Waals surface area contributed by atoms with E-state index in [0.717, 1.165) is 0 Å². The topological polar surface area (TPSA) is 88.5 Å². The molecule has 2 aromatic carbocycles. The largest absolute Gasteiger partial charge is 0.435 e. The summed E-state index contributed by atoms with van der Waals surface area (Å²) in [5.74, 6) is -0.308. The molecule has 0 bridgehead atoms. The van der Waals surface area contributed by atoms with E-state index in [1.54, 1.807) is 0 Å². The Kier molecular flexibility index (Phi) is 7.99. The fraction of sp³-hybridized carbons (Fsp3) is 0.300. The molecule has 32 heavy (non-hydrogen) atoms. The lowest BCUT2D eigenvalue weighted by atomic mass is 10.2. The number of carbonyl (C=O) groups is 1. The zero-order valence-corrected chi connectivity index (χ0v) is 18.3. The van der Waals surface area contributed by atoms with Gasteiger partial charge in [-0.15, -0.1) is 0 Å². The fourth-order valence-corrected chi connectivity index (χ4v) is 4.50. The van der Waals surface area contributed by atoms with E-state index in [2.05, 4.69) is 9.89 Å². The number of hydrogen-bond donors (Lipinski definition) is 0. The van der Waals surface area contributed by atoms with Crippen molar-refractivity contribution in [2.75, 3.05) is 32.8 Å². The van der Waals surface area contributed by atoms with Crippen LogP contribution in [0.3, 0.4) is 0 Å². The average Bonchev–Trinajstić information content (AvgIpc) is 2.77. The minimum atomic E-state index is -3.66. The number of sulfonamides is 1. The van der Waals surface area contributed by atoms with Gasteiger partial charge < -0.3 is 14.5 Å². The Labute approximate surface area is 189 Å². The van der Waals surface area contributed by atoms with Gasteiger partial charge in [0.15, 0.2) is 6.61 Å². The molecule has 1 aliphatic rings. The molecule has 0 atom stereocenters. The maximum absolute atomic E-state index is 12.7. The van der Waals surface area contributed by atoms with Crippen LogP contribution in [0.25, 0.3) is 0 Å². The molecule has 1 aliphatic heterocycles. The first-order valence-corrected chi connectivity index (χ1v) is 11.3. The number of ether oxygens (including phenoxy) is 1. The van der Waals surface area contributed by atoms with Gasteiger partial charge in [-0.1, -0.05) is 16.8 Å². The Bertz CT molecular complexity index is 1040. The van der Waals surface area contributed by atoms with Gasteiger partial charge in [-0.3, -0.25) is 4.79 Å². The minimum absolute atomic E-state index is 0.0189. The van der Waals surface area contributed by atoms with Crippen molar-refractivity contribution in [3.8, 4) is 5.75 Å². The Morgan fingerprint density at radius 2 is 1.69 bits per heavy atom. The Morgan fingerprint density at radius 3 is 2.28 bits per heavy atom. The highest BCUT2D eigenvalue weighted by Gasteiger charge is 2.30. The number of halogens is 3. The van der Waals surface area contributed by atoms with Gasteiger partial charge in [0.25, 0.3) is 5.91 Å². The van der Waals surface area contributed by atoms with Gasteiger partial charge in [0.1, 0.15) is 5.75 Å². The monoisotopic (exact) mass is 487 g/mol. The summed E-state index contributed by atoms with van der Waals surface area (Å²) in [6.07, 6.45) is 1.33. The van der Waals surface area contributed by atoms with Gasteiger partial charge >= 0.3 is 6.61 Å². The van der Waals surface area contributed by atoms with E-state index in [1.165, 1.54) is 64.0 Å². The second kappa shape index (κ2) is 10.7.